The van der Waals surface area contributed by atoms with Gasteiger partial charge in [-0.05, 0) is 68.7 Å². The summed E-state index contributed by atoms with van der Waals surface area (Å²) in [6.45, 7) is 5.82. The van der Waals surface area contributed by atoms with Crippen LogP contribution in [0.5, 0.6) is 0 Å². The number of nitrogens with zero attached hydrogens (tertiary/aromatic N) is 2. The van der Waals surface area contributed by atoms with Gasteiger partial charge in [0.1, 0.15) is 6.04 Å². The van der Waals surface area contributed by atoms with Gasteiger partial charge in [0, 0.05) is 41.5 Å². The molecule has 11 heteroatoms. The normalized spacial score (nSPS) is 12.5. The third-order valence-corrected chi connectivity index (χ3v) is 8.35. The highest BCUT2D eigenvalue weighted by molar-refractivity contribution is 7.92. The standard InChI is InChI=1S/C31H36Cl3N3O4S/c1-31(2,3)35-30(39)28(19-22-9-6-5-7-10-22)36(21-23-12-14-24(32)15-13-23)29(38)11-8-18-37(42(4,40)41)27-20-25(33)16-17-26(27)34/h5-7,9-10,12-17,20,28H,8,11,18-19,21H2,1-4H3,(H,35,39)/t28-/m0/s1. The Morgan fingerprint density at radius 2 is 1.50 bits per heavy atom. The zero-order chi connectivity index (χ0) is 31.1. The lowest BCUT2D eigenvalue weighted by Gasteiger charge is -2.34. The van der Waals surface area contributed by atoms with Crippen LogP contribution in [-0.4, -0.2) is 49.5 Å². The van der Waals surface area contributed by atoms with Gasteiger partial charge in [-0.25, -0.2) is 8.42 Å². The minimum absolute atomic E-state index is 0.00302. The summed E-state index contributed by atoms with van der Waals surface area (Å²) in [6.07, 6.45) is 1.55. The molecule has 0 radical (unpaired) electrons. The van der Waals surface area contributed by atoms with E-state index in [-0.39, 0.29) is 48.5 Å². The topological polar surface area (TPSA) is 86.8 Å². The Morgan fingerprint density at radius 3 is 2.10 bits per heavy atom. The summed E-state index contributed by atoms with van der Waals surface area (Å²) in [5.74, 6) is -0.572. The maximum Gasteiger partial charge on any atom is 0.243 e. The molecule has 1 N–H and O–H groups in total. The van der Waals surface area contributed by atoms with Crippen LogP contribution in [-0.2, 0) is 32.6 Å². The van der Waals surface area contributed by atoms with E-state index in [1.54, 1.807) is 23.1 Å². The van der Waals surface area contributed by atoms with Crippen LogP contribution in [0, 0.1) is 0 Å². The second kappa shape index (κ2) is 14.6. The van der Waals surface area contributed by atoms with Gasteiger partial charge in [0.15, 0.2) is 0 Å². The van der Waals surface area contributed by atoms with Crippen molar-refractivity contribution in [1.29, 1.82) is 0 Å². The van der Waals surface area contributed by atoms with Gasteiger partial charge in [0.2, 0.25) is 21.8 Å². The van der Waals surface area contributed by atoms with Crippen LogP contribution < -0.4 is 9.62 Å². The van der Waals surface area contributed by atoms with Crippen LogP contribution in [0.2, 0.25) is 15.1 Å². The average molecular weight is 653 g/mol. The molecule has 0 saturated heterocycles. The lowest BCUT2D eigenvalue weighted by atomic mass is 10.00. The first-order chi connectivity index (χ1) is 19.6. The van der Waals surface area contributed by atoms with Gasteiger partial charge in [-0.15, -0.1) is 0 Å². The molecular formula is C31H36Cl3N3O4S. The summed E-state index contributed by atoms with van der Waals surface area (Å²) < 4.78 is 26.5. The Balaban J connectivity index is 1.92. The van der Waals surface area contributed by atoms with E-state index in [0.29, 0.717) is 16.5 Å². The van der Waals surface area contributed by atoms with E-state index in [1.165, 1.54) is 12.1 Å². The van der Waals surface area contributed by atoms with Gasteiger partial charge in [0.05, 0.1) is 17.0 Å². The van der Waals surface area contributed by atoms with E-state index < -0.39 is 21.6 Å². The largest absolute Gasteiger partial charge is 0.350 e. The van der Waals surface area contributed by atoms with Crippen LogP contribution in [0.15, 0.2) is 72.8 Å². The van der Waals surface area contributed by atoms with Gasteiger partial charge < -0.3 is 10.2 Å². The highest BCUT2D eigenvalue weighted by atomic mass is 35.5. The van der Waals surface area contributed by atoms with Crippen LogP contribution in [0.4, 0.5) is 5.69 Å². The zero-order valence-corrected chi connectivity index (χ0v) is 27.2. The third-order valence-electron chi connectivity index (χ3n) is 6.36. The van der Waals surface area contributed by atoms with Gasteiger partial charge in [0.25, 0.3) is 0 Å². The molecule has 0 aliphatic carbocycles. The molecule has 0 aliphatic rings. The molecule has 42 heavy (non-hydrogen) atoms. The molecule has 0 bridgehead atoms. The Morgan fingerprint density at radius 1 is 0.881 bits per heavy atom. The number of anilines is 1. The van der Waals surface area contributed by atoms with Crippen molar-refractivity contribution in [3.8, 4) is 0 Å². The third kappa shape index (κ3) is 10.2. The van der Waals surface area contributed by atoms with E-state index in [1.807, 2.05) is 63.2 Å². The Labute approximate surface area is 263 Å². The van der Waals surface area contributed by atoms with Crippen molar-refractivity contribution < 1.29 is 18.0 Å². The first-order valence-corrected chi connectivity index (χ1v) is 16.4. The number of nitrogens with one attached hydrogen (secondary N) is 1. The molecule has 3 rings (SSSR count). The highest BCUT2D eigenvalue weighted by Gasteiger charge is 2.32. The molecule has 1 atom stereocenters. The molecule has 0 spiro atoms. The molecule has 0 unspecified atom stereocenters. The number of hydrogen-bond donors (Lipinski definition) is 1. The van der Waals surface area contributed by atoms with E-state index in [9.17, 15) is 18.0 Å². The number of amides is 2. The molecule has 7 nitrogen and oxygen atoms in total. The predicted molar refractivity (Wildman–Crippen MR) is 172 cm³/mol. The van der Waals surface area contributed by atoms with E-state index in [2.05, 4.69) is 5.32 Å². The van der Waals surface area contributed by atoms with Crippen LogP contribution in [0.25, 0.3) is 0 Å². The lowest BCUT2D eigenvalue weighted by Crippen LogP contribution is -2.54. The van der Waals surface area contributed by atoms with Crippen molar-refractivity contribution in [2.24, 2.45) is 0 Å². The first kappa shape index (κ1) is 33.7. The number of sulfonamides is 1. The molecule has 0 fully saturated rings. The van der Waals surface area contributed by atoms with E-state index >= 15 is 0 Å². The van der Waals surface area contributed by atoms with E-state index in [4.69, 9.17) is 34.8 Å². The summed E-state index contributed by atoms with van der Waals surface area (Å²) in [6, 6.07) is 20.4. The van der Waals surface area contributed by atoms with Crippen molar-refractivity contribution >= 4 is 62.3 Å². The second-order valence-electron chi connectivity index (χ2n) is 11.1. The average Bonchev–Trinajstić information content (AvgIpc) is 2.90. The quantitative estimate of drug-likeness (QED) is 0.235. The summed E-state index contributed by atoms with van der Waals surface area (Å²) >= 11 is 18.5. The fraction of sp³-hybridized carbons (Fsp3) is 0.355. The summed E-state index contributed by atoms with van der Waals surface area (Å²) in [4.78, 5) is 29.2. The Hall–Kier alpha value is -2.78. The minimum atomic E-state index is -3.73. The number of carbonyl (C=O) groups excluding carboxylic acids is 2. The van der Waals surface area contributed by atoms with E-state index in [0.717, 1.165) is 21.7 Å². The van der Waals surface area contributed by atoms with Crippen LogP contribution in [0.3, 0.4) is 0 Å². The Bertz CT molecular complexity index is 1480. The molecule has 0 aromatic heterocycles. The molecule has 2 amide bonds. The molecular weight excluding hydrogens is 617 g/mol. The van der Waals surface area contributed by atoms with Gasteiger partial charge in [-0.1, -0.05) is 77.3 Å². The fourth-order valence-corrected chi connectivity index (χ4v) is 5.98. The number of halogens is 3. The smallest absolute Gasteiger partial charge is 0.243 e. The van der Waals surface area contributed by atoms with Gasteiger partial charge in [-0.3, -0.25) is 13.9 Å². The number of hydrogen-bond acceptors (Lipinski definition) is 4. The first-order valence-electron chi connectivity index (χ1n) is 13.5. The molecule has 0 aliphatic heterocycles. The van der Waals surface area contributed by atoms with Gasteiger partial charge >= 0.3 is 0 Å². The molecule has 3 aromatic carbocycles. The SMILES string of the molecule is CC(C)(C)NC(=O)[C@H](Cc1ccccc1)N(Cc1ccc(Cl)cc1)C(=O)CCCN(c1cc(Cl)ccc1Cl)S(C)(=O)=O. The predicted octanol–water partition coefficient (Wildman–Crippen LogP) is 6.75. The van der Waals surface area contributed by atoms with Crippen LogP contribution >= 0.6 is 34.8 Å². The lowest BCUT2D eigenvalue weighted by molar-refractivity contribution is -0.142. The van der Waals surface area contributed by atoms with Crippen molar-refractivity contribution in [3.05, 3.63) is 99.0 Å². The molecule has 226 valence electrons. The number of benzene rings is 3. The highest BCUT2D eigenvalue weighted by Crippen LogP contribution is 2.31. The van der Waals surface area contributed by atoms with Crippen LogP contribution in [0.1, 0.15) is 44.7 Å². The van der Waals surface area contributed by atoms with Crippen molar-refractivity contribution in [2.45, 2.75) is 58.2 Å². The maximum atomic E-state index is 13.9. The second-order valence-corrected chi connectivity index (χ2v) is 14.3. The zero-order valence-electron chi connectivity index (χ0n) is 24.1. The van der Waals surface area contributed by atoms with Gasteiger partial charge in [-0.2, -0.15) is 0 Å². The summed E-state index contributed by atoms with van der Waals surface area (Å²) in [5.41, 5.74) is 1.42. The Kier molecular flexibility index (Phi) is 11.7. The molecule has 0 saturated carbocycles. The summed E-state index contributed by atoms with van der Waals surface area (Å²) in [7, 11) is -3.73. The summed E-state index contributed by atoms with van der Waals surface area (Å²) in [5, 5.41) is 4.15. The van der Waals surface area contributed by atoms with Crippen molar-refractivity contribution in [2.75, 3.05) is 17.1 Å². The monoisotopic (exact) mass is 651 g/mol. The fourth-order valence-electron chi connectivity index (χ4n) is 4.45. The number of carbonyl (C=O) groups is 2. The van der Waals surface area contributed by atoms with Crippen molar-refractivity contribution in [3.63, 3.8) is 0 Å². The number of rotatable bonds is 12. The maximum absolute atomic E-state index is 13.9. The minimum Gasteiger partial charge on any atom is -0.350 e. The molecule has 3 aromatic rings. The molecule has 0 heterocycles. The van der Waals surface area contributed by atoms with Crippen molar-refractivity contribution in [1.82, 2.24) is 10.2 Å².